The van der Waals surface area contributed by atoms with Gasteiger partial charge in [0.2, 0.25) is 5.91 Å². The van der Waals surface area contributed by atoms with Crippen LogP contribution in [0.2, 0.25) is 5.15 Å². The quantitative estimate of drug-likeness (QED) is 0.455. The van der Waals surface area contributed by atoms with Crippen molar-refractivity contribution in [3.8, 4) is 0 Å². The summed E-state index contributed by atoms with van der Waals surface area (Å²) >= 11 is 6.07. The maximum absolute atomic E-state index is 12.7. The van der Waals surface area contributed by atoms with Gasteiger partial charge >= 0.3 is 5.97 Å². The Morgan fingerprint density at radius 1 is 1.21 bits per heavy atom. The molecule has 2 aromatic rings. The molecule has 29 heavy (non-hydrogen) atoms. The number of fused-ring (bicyclic) bond motifs is 1. The molecule has 0 radical (unpaired) electrons. The van der Waals surface area contributed by atoms with E-state index in [4.69, 9.17) is 16.3 Å². The minimum absolute atomic E-state index is 0.0794. The number of esters is 1. The molecule has 1 amide bonds. The zero-order valence-electron chi connectivity index (χ0n) is 17.5. The maximum atomic E-state index is 12.7. The summed E-state index contributed by atoms with van der Waals surface area (Å²) < 4.78 is 5.16. The monoisotopic (exact) mass is 420 g/mol. The van der Waals surface area contributed by atoms with Crippen molar-refractivity contribution < 1.29 is 14.3 Å². The fraction of sp³-hybridized carbons (Fsp3) is 0.524. The van der Waals surface area contributed by atoms with Gasteiger partial charge in [0.1, 0.15) is 16.2 Å². The van der Waals surface area contributed by atoms with E-state index in [-0.39, 0.29) is 24.1 Å². The molecule has 0 aliphatic carbocycles. The summed E-state index contributed by atoms with van der Waals surface area (Å²) in [7, 11) is 0. The van der Waals surface area contributed by atoms with E-state index in [0.717, 1.165) is 25.9 Å². The zero-order chi connectivity index (χ0) is 21.4. The highest BCUT2D eigenvalue weighted by atomic mass is 35.5. The normalized spacial score (nSPS) is 11.9. The third-order valence-electron chi connectivity index (χ3n) is 4.39. The Labute approximate surface area is 176 Å². The topological polar surface area (TPSA) is 84.4 Å². The number of anilines is 1. The van der Waals surface area contributed by atoms with Gasteiger partial charge in [0, 0.05) is 31.7 Å². The van der Waals surface area contributed by atoms with E-state index in [1.54, 1.807) is 19.1 Å². The summed E-state index contributed by atoms with van der Waals surface area (Å²) in [6.07, 6.45) is 3.59. The van der Waals surface area contributed by atoms with Gasteiger partial charge in [0.25, 0.3) is 0 Å². The van der Waals surface area contributed by atoms with Crippen LogP contribution in [0, 0.1) is 0 Å². The predicted molar refractivity (Wildman–Crippen MR) is 115 cm³/mol. The van der Waals surface area contributed by atoms with Crippen molar-refractivity contribution in [1.82, 2.24) is 14.9 Å². The Bertz CT molecular complexity index is 853. The zero-order valence-corrected chi connectivity index (χ0v) is 18.3. The number of carbonyl (C=O) groups excluding carboxylic acids is 2. The SMILES string of the molecule is CCCN(CCC)C(=O)CC(C)Nc1c(C(=O)OCC)cnc2ccc(Cl)nc12. The average molecular weight is 421 g/mol. The van der Waals surface area contributed by atoms with Gasteiger partial charge in [-0.2, -0.15) is 0 Å². The first-order valence-corrected chi connectivity index (χ1v) is 10.5. The van der Waals surface area contributed by atoms with E-state index in [0.29, 0.717) is 28.3 Å². The molecule has 0 fully saturated rings. The third kappa shape index (κ3) is 6.03. The van der Waals surface area contributed by atoms with Gasteiger partial charge in [-0.1, -0.05) is 25.4 Å². The van der Waals surface area contributed by atoms with E-state index in [2.05, 4.69) is 29.1 Å². The average Bonchev–Trinajstić information content (AvgIpc) is 2.68. The number of hydrogen-bond donors (Lipinski definition) is 1. The Kier molecular flexibility index (Phi) is 8.64. The van der Waals surface area contributed by atoms with Crippen LogP contribution in [0.3, 0.4) is 0 Å². The molecule has 158 valence electrons. The lowest BCUT2D eigenvalue weighted by molar-refractivity contribution is -0.131. The summed E-state index contributed by atoms with van der Waals surface area (Å²) in [5.41, 5.74) is 1.82. The molecule has 0 spiro atoms. The van der Waals surface area contributed by atoms with Gasteiger partial charge < -0.3 is 15.0 Å². The first-order chi connectivity index (χ1) is 13.9. The Morgan fingerprint density at radius 3 is 2.52 bits per heavy atom. The van der Waals surface area contributed by atoms with Crippen molar-refractivity contribution in [1.29, 1.82) is 0 Å². The number of ether oxygens (including phenoxy) is 1. The number of hydrogen-bond acceptors (Lipinski definition) is 6. The number of amides is 1. The molecule has 1 unspecified atom stereocenters. The minimum atomic E-state index is -0.497. The lowest BCUT2D eigenvalue weighted by Gasteiger charge is -2.24. The van der Waals surface area contributed by atoms with Crippen LogP contribution in [0.4, 0.5) is 5.69 Å². The molecular weight excluding hydrogens is 392 g/mol. The van der Waals surface area contributed by atoms with E-state index >= 15 is 0 Å². The maximum Gasteiger partial charge on any atom is 0.341 e. The first-order valence-electron chi connectivity index (χ1n) is 10.1. The number of aromatic nitrogens is 2. The van der Waals surface area contributed by atoms with Crippen LogP contribution in [-0.2, 0) is 9.53 Å². The van der Waals surface area contributed by atoms with Crippen molar-refractivity contribution in [2.75, 3.05) is 25.0 Å². The van der Waals surface area contributed by atoms with E-state index in [1.165, 1.54) is 6.20 Å². The third-order valence-corrected chi connectivity index (χ3v) is 4.60. The molecule has 0 saturated carbocycles. The van der Waals surface area contributed by atoms with Gasteiger partial charge in [-0.25, -0.2) is 9.78 Å². The number of rotatable bonds is 10. The standard InChI is InChI=1S/C21H29ClN4O3/c1-5-10-26(11-6-2)18(27)12-14(4)24-19-15(21(28)29-7-3)13-23-16-8-9-17(22)25-20(16)19/h8-9,13-14H,5-7,10-12H2,1-4H3,(H,23,24). The molecule has 1 N–H and O–H groups in total. The highest BCUT2D eigenvalue weighted by Crippen LogP contribution is 2.27. The highest BCUT2D eigenvalue weighted by molar-refractivity contribution is 6.29. The molecule has 0 aliphatic heterocycles. The second-order valence-electron chi connectivity index (χ2n) is 6.90. The van der Waals surface area contributed by atoms with E-state index < -0.39 is 5.97 Å². The second kappa shape index (κ2) is 11.0. The smallest absolute Gasteiger partial charge is 0.341 e. The number of carbonyl (C=O) groups is 2. The molecule has 0 aliphatic rings. The van der Waals surface area contributed by atoms with Crippen molar-refractivity contribution >= 4 is 40.2 Å². The Morgan fingerprint density at radius 2 is 1.90 bits per heavy atom. The summed E-state index contributed by atoms with van der Waals surface area (Å²) in [4.78, 5) is 35.7. The summed E-state index contributed by atoms with van der Waals surface area (Å²) in [5.74, 6) is -0.418. The molecule has 1 atom stereocenters. The van der Waals surface area contributed by atoms with Crippen LogP contribution in [0.1, 0.15) is 57.3 Å². The predicted octanol–water partition coefficient (Wildman–Crippen LogP) is 4.30. The number of halogens is 1. The van der Waals surface area contributed by atoms with Crippen LogP contribution in [-0.4, -0.2) is 52.5 Å². The van der Waals surface area contributed by atoms with Gasteiger partial charge in [0.05, 0.1) is 17.8 Å². The lowest BCUT2D eigenvalue weighted by atomic mass is 10.1. The lowest BCUT2D eigenvalue weighted by Crippen LogP contribution is -2.36. The molecule has 8 heteroatoms. The largest absolute Gasteiger partial charge is 0.462 e. The van der Waals surface area contributed by atoms with Crippen LogP contribution in [0.25, 0.3) is 11.0 Å². The molecule has 0 aromatic carbocycles. The van der Waals surface area contributed by atoms with Crippen LogP contribution < -0.4 is 5.32 Å². The molecule has 2 heterocycles. The molecule has 2 aromatic heterocycles. The van der Waals surface area contributed by atoms with Crippen molar-refractivity contribution in [2.24, 2.45) is 0 Å². The van der Waals surface area contributed by atoms with E-state index in [1.807, 2.05) is 11.8 Å². The van der Waals surface area contributed by atoms with Gasteiger partial charge in [-0.3, -0.25) is 9.78 Å². The minimum Gasteiger partial charge on any atom is -0.462 e. The van der Waals surface area contributed by atoms with Crippen LogP contribution >= 0.6 is 11.6 Å². The molecule has 0 bridgehead atoms. The first kappa shape index (κ1) is 22.9. The summed E-state index contributed by atoms with van der Waals surface area (Å²) in [5, 5.41) is 3.58. The number of pyridine rings is 2. The molecule has 2 rings (SSSR count). The van der Waals surface area contributed by atoms with Crippen LogP contribution in [0.15, 0.2) is 18.3 Å². The van der Waals surface area contributed by atoms with Crippen molar-refractivity contribution in [3.63, 3.8) is 0 Å². The number of nitrogens with zero attached hydrogens (tertiary/aromatic N) is 3. The summed E-state index contributed by atoms with van der Waals surface area (Å²) in [6.45, 7) is 9.48. The molecule has 0 saturated heterocycles. The molecular formula is C21H29ClN4O3. The van der Waals surface area contributed by atoms with Gasteiger partial charge in [-0.15, -0.1) is 0 Å². The van der Waals surface area contributed by atoms with Gasteiger partial charge in [-0.05, 0) is 38.8 Å². The summed E-state index contributed by atoms with van der Waals surface area (Å²) in [6, 6.07) is 3.16. The van der Waals surface area contributed by atoms with Crippen LogP contribution in [0.5, 0.6) is 0 Å². The highest BCUT2D eigenvalue weighted by Gasteiger charge is 2.21. The fourth-order valence-electron chi connectivity index (χ4n) is 3.14. The van der Waals surface area contributed by atoms with Crippen molar-refractivity contribution in [3.05, 3.63) is 29.0 Å². The Hall–Kier alpha value is -2.41. The Balaban J connectivity index is 2.32. The fourth-order valence-corrected chi connectivity index (χ4v) is 3.29. The second-order valence-corrected chi connectivity index (χ2v) is 7.29. The number of nitrogens with one attached hydrogen (secondary N) is 1. The van der Waals surface area contributed by atoms with E-state index in [9.17, 15) is 9.59 Å². The molecule has 7 nitrogen and oxygen atoms in total. The van der Waals surface area contributed by atoms with Gasteiger partial charge in [0.15, 0.2) is 0 Å². The van der Waals surface area contributed by atoms with Crippen molar-refractivity contribution in [2.45, 2.75) is 53.0 Å².